The van der Waals surface area contributed by atoms with Crippen molar-refractivity contribution in [3.63, 3.8) is 0 Å². The second kappa shape index (κ2) is 6.04. The van der Waals surface area contributed by atoms with Gasteiger partial charge in [-0.15, -0.1) is 0 Å². The number of amides is 1. The number of benzene rings is 1. The molecule has 2 rings (SSSR count). The molecule has 0 aliphatic carbocycles. The van der Waals surface area contributed by atoms with Gasteiger partial charge in [-0.25, -0.2) is 0 Å². The van der Waals surface area contributed by atoms with E-state index in [0.29, 0.717) is 18.7 Å². The van der Waals surface area contributed by atoms with Gasteiger partial charge >= 0.3 is 0 Å². The molecule has 0 radical (unpaired) electrons. The molecule has 1 aromatic carbocycles. The predicted molar refractivity (Wildman–Crippen MR) is 75.0 cm³/mol. The summed E-state index contributed by atoms with van der Waals surface area (Å²) in [5, 5.41) is 10.2. The number of nitrogens with zero attached hydrogens (tertiary/aromatic N) is 2. The minimum absolute atomic E-state index is 0.0494. The SMILES string of the molecule is CCNC(=O)c1cccc(NCc2ccnn2C)c1. The zero-order valence-corrected chi connectivity index (χ0v) is 11.2. The van der Waals surface area contributed by atoms with Crippen molar-refractivity contribution in [3.05, 3.63) is 47.8 Å². The van der Waals surface area contributed by atoms with Crippen molar-refractivity contribution in [3.8, 4) is 0 Å². The number of hydrogen-bond donors (Lipinski definition) is 2. The maximum Gasteiger partial charge on any atom is 0.251 e. The first kappa shape index (κ1) is 13.1. The van der Waals surface area contributed by atoms with Gasteiger partial charge in [-0.2, -0.15) is 5.10 Å². The maximum absolute atomic E-state index is 11.7. The van der Waals surface area contributed by atoms with E-state index in [1.165, 1.54) is 0 Å². The molecule has 0 unspecified atom stereocenters. The number of nitrogens with one attached hydrogen (secondary N) is 2. The molecule has 19 heavy (non-hydrogen) atoms. The number of aryl methyl sites for hydroxylation is 1. The lowest BCUT2D eigenvalue weighted by Crippen LogP contribution is -2.22. The minimum atomic E-state index is -0.0494. The normalized spacial score (nSPS) is 10.2. The van der Waals surface area contributed by atoms with Crippen molar-refractivity contribution in [2.24, 2.45) is 7.05 Å². The molecular weight excluding hydrogens is 240 g/mol. The standard InChI is InChI=1S/C14H18N4O/c1-3-15-14(19)11-5-4-6-12(9-11)16-10-13-7-8-17-18(13)2/h4-9,16H,3,10H2,1-2H3,(H,15,19). The van der Waals surface area contributed by atoms with Crippen LogP contribution in [-0.4, -0.2) is 22.2 Å². The molecule has 2 aromatic rings. The Balaban J connectivity index is 2.03. The van der Waals surface area contributed by atoms with Crippen LogP contribution < -0.4 is 10.6 Å². The fourth-order valence-electron chi connectivity index (χ4n) is 1.80. The molecule has 1 aromatic heterocycles. The highest BCUT2D eigenvalue weighted by Crippen LogP contribution is 2.12. The van der Waals surface area contributed by atoms with E-state index in [2.05, 4.69) is 15.7 Å². The van der Waals surface area contributed by atoms with Gasteiger partial charge in [0.2, 0.25) is 0 Å². The predicted octanol–water partition coefficient (Wildman–Crippen LogP) is 1.78. The molecule has 5 heteroatoms. The number of hydrogen-bond acceptors (Lipinski definition) is 3. The van der Waals surface area contributed by atoms with Crippen LogP contribution in [0.2, 0.25) is 0 Å². The highest BCUT2D eigenvalue weighted by molar-refractivity contribution is 5.95. The van der Waals surface area contributed by atoms with Crippen molar-refractivity contribution in [2.75, 3.05) is 11.9 Å². The third-order valence-corrected chi connectivity index (χ3v) is 2.86. The highest BCUT2D eigenvalue weighted by atomic mass is 16.1. The van der Waals surface area contributed by atoms with E-state index < -0.39 is 0 Å². The largest absolute Gasteiger partial charge is 0.379 e. The van der Waals surface area contributed by atoms with Gasteiger partial charge in [-0.1, -0.05) is 6.07 Å². The monoisotopic (exact) mass is 258 g/mol. The third-order valence-electron chi connectivity index (χ3n) is 2.86. The van der Waals surface area contributed by atoms with Crippen LogP contribution in [-0.2, 0) is 13.6 Å². The summed E-state index contributed by atoms with van der Waals surface area (Å²) >= 11 is 0. The lowest BCUT2D eigenvalue weighted by Gasteiger charge is -2.08. The van der Waals surface area contributed by atoms with Gasteiger partial charge in [-0.05, 0) is 31.2 Å². The Kier molecular flexibility index (Phi) is 4.18. The lowest BCUT2D eigenvalue weighted by molar-refractivity contribution is 0.0956. The van der Waals surface area contributed by atoms with Crippen LogP contribution in [0, 0.1) is 0 Å². The minimum Gasteiger partial charge on any atom is -0.379 e. The van der Waals surface area contributed by atoms with Crippen LogP contribution in [0.3, 0.4) is 0 Å². The summed E-state index contributed by atoms with van der Waals surface area (Å²) < 4.78 is 1.82. The van der Waals surface area contributed by atoms with Gasteiger partial charge in [0, 0.05) is 31.0 Å². The average molecular weight is 258 g/mol. The van der Waals surface area contributed by atoms with Crippen LogP contribution in [0.15, 0.2) is 36.5 Å². The van der Waals surface area contributed by atoms with Gasteiger partial charge in [0.05, 0.1) is 12.2 Å². The molecule has 0 fully saturated rings. The molecule has 100 valence electrons. The van der Waals surface area contributed by atoms with Crippen LogP contribution in [0.5, 0.6) is 0 Å². The summed E-state index contributed by atoms with van der Waals surface area (Å²) in [6.45, 7) is 3.21. The number of rotatable bonds is 5. The maximum atomic E-state index is 11.7. The zero-order valence-electron chi connectivity index (χ0n) is 11.2. The van der Waals surface area contributed by atoms with Gasteiger partial charge in [0.15, 0.2) is 0 Å². The van der Waals surface area contributed by atoms with E-state index in [1.54, 1.807) is 12.3 Å². The zero-order chi connectivity index (χ0) is 13.7. The Labute approximate surface area is 112 Å². The summed E-state index contributed by atoms with van der Waals surface area (Å²) in [6, 6.07) is 9.43. The number of aromatic nitrogens is 2. The fourth-order valence-corrected chi connectivity index (χ4v) is 1.80. The van der Waals surface area contributed by atoms with Gasteiger partial charge in [0.25, 0.3) is 5.91 Å². The van der Waals surface area contributed by atoms with Gasteiger partial charge in [0.1, 0.15) is 0 Å². The van der Waals surface area contributed by atoms with Crippen LogP contribution in [0.4, 0.5) is 5.69 Å². The topological polar surface area (TPSA) is 59.0 Å². The van der Waals surface area contributed by atoms with E-state index in [4.69, 9.17) is 0 Å². The van der Waals surface area contributed by atoms with Crippen LogP contribution in [0.1, 0.15) is 23.0 Å². The molecule has 0 atom stereocenters. The Hall–Kier alpha value is -2.30. The Morgan fingerprint density at radius 1 is 1.37 bits per heavy atom. The molecule has 5 nitrogen and oxygen atoms in total. The molecule has 1 amide bonds. The Morgan fingerprint density at radius 3 is 2.89 bits per heavy atom. The third kappa shape index (κ3) is 3.34. The van der Waals surface area contributed by atoms with E-state index in [9.17, 15) is 4.79 Å². The summed E-state index contributed by atoms with van der Waals surface area (Å²) in [5.74, 6) is -0.0494. The summed E-state index contributed by atoms with van der Waals surface area (Å²) in [5.41, 5.74) is 2.67. The first-order valence-electron chi connectivity index (χ1n) is 6.29. The van der Waals surface area contributed by atoms with Gasteiger partial charge in [-0.3, -0.25) is 9.48 Å². The molecule has 0 bridgehead atoms. The first-order valence-corrected chi connectivity index (χ1v) is 6.29. The number of carbonyl (C=O) groups is 1. The highest BCUT2D eigenvalue weighted by Gasteiger charge is 2.05. The second-order valence-corrected chi connectivity index (χ2v) is 4.24. The summed E-state index contributed by atoms with van der Waals surface area (Å²) in [4.78, 5) is 11.7. The van der Waals surface area contributed by atoms with Crippen LogP contribution >= 0.6 is 0 Å². The molecule has 0 saturated heterocycles. The number of carbonyl (C=O) groups excluding carboxylic acids is 1. The lowest BCUT2D eigenvalue weighted by atomic mass is 10.2. The molecule has 0 saturated carbocycles. The van der Waals surface area contributed by atoms with E-state index in [1.807, 2.05) is 42.9 Å². The summed E-state index contributed by atoms with van der Waals surface area (Å²) in [6.07, 6.45) is 1.77. The Bertz CT molecular complexity index is 562. The van der Waals surface area contributed by atoms with Crippen LogP contribution in [0.25, 0.3) is 0 Å². The summed E-state index contributed by atoms with van der Waals surface area (Å²) in [7, 11) is 1.90. The fraction of sp³-hybridized carbons (Fsp3) is 0.286. The molecule has 1 heterocycles. The van der Waals surface area contributed by atoms with E-state index >= 15 is 0 Å². The van der Waals surface area contributed by atoms with Crippen molar-refractivity contribution in [1.82, 2.24) is 15.1 Å². The van der Waals surface area contributed by atoms with E-state index in [0.717, 1.165) is 11.4 Å². The number of anilines is 1. The quantitative estimate of drug-likeness (QED) is 0.859. The smallest absolute Gasteiger partial charge is 0.251 e. The molecular formula is C14H18N4O. The van der Waals surface area contributed by atoms with E-state index in [-0.39, 0.29) is 5.91 Å². The Morgan fingerprint density at radius 2 is 2.21 bits per heavy atom. The molecule has 0 aliphatic heterocycles. The molecule has 2 N–H and O–H groups in total. The van der Waals surface area contributed by atoms with Crippen molar-refractivity contribution >= 4 is 11.6 Å². The van der Waals surface area contributed by atoms with Gasteiger partial charge < -0.3 is 10.6 Å². The average Bonchev–Trinajstić information content (AvgIpc) is 2.82. The first-order chi connectivity index (χ1) is 9.20. The molecule has 0 spiro atoms. The second-order valence-electron chi connectivity index (χ2n) is 4.24. The van der Waals surface area contributed by atoms with Crippen molar-refractivity contribution < 1.29 is 4.79 Å². The van der Waals surface area contributed by atoms with Crippen molar-refractivity contribution in [2.45, 2.75) is 13.5 Å². The van der Waals surface area contributed by atoms with Crippen molar-refractivity contribution in [1.29, 1.82) is 0 Å². The molecule has 0 aliphatic rings.